The molecule has 1 fully saturated rings. The van der Waals surface area contributed by atoms with E-state index in [9.17, 15) is 9.59 Å². The van der Waals surface area contributed by atoms with Crippen LogP contribution in [0.4, 0.5) is 0 Å². The molecule has 1 aliphatic heterocycles. The Morgan fingerprint density at radius 3 is 2.47 bits per heavy atom. The third kappa shape index (κ3) is 11.7. The molecule has 0 aliphatic carbocycles. The van der Waals surface area contributed by atoms with E-state index >= 15 is 0 Å². The Balaban J connectivity index is 2.50. The van der Waals surface area contributed by atoms with Crippen LogP contribution >= 0.6 is 11.8 Å². The van der Waals surface area contributed by atoms with Gasteiger partial charge in [-0.2, -0.15) is 0 Å². The highest BCUT2D eigenvalue weighted by Gasteiger charge is 2.32. The average molecular weight is 446 g/mol. The monoisotopic (exact) mass is 445 g/mol. The highest BCUT2D eigenvalue weighted by Crippen LogP contribution is 2.30. The second-order valence-electron chi connectivity index (χ2n) is 8.50. The molecule has 7 nitrogen and oxygen atoms in total. The minimum Gasteiger partial charge on any atom is -0.474 e. The van der Waals surface area contributed by atoms with Gasteiger partial charge in [0.15, 0.2) is 5.88 Å². The molecule has 1 aliphatic rings. The molecule has 1 heterocycles. The average Bonchev–Trinajstić information content (AvgIpc) is 2.61. The second kappa shape index (κ2) is 13.1. The summed E-state index contributed by atoms with van der Waals surface area (Å²) in [6.45, 7) is 12.1. The first-order chi connectivity index (χ1) is 14.0. The van der Waals surface area contributed by atoms with E-state index in [0.717, 1.165) is 31.0 Å². The highest BCUT2D eigenvalue weighted by molar-refractivity contribution is 7.99. The molecule has 3 unspecified atom stereocenters. The molecule has 0 amide bonds. The fourth-order valence-corrected chi connectivity index (χ4v) is 4.22. The van der Waals surface area contributed by atoms with Crippen molar-refractivity contribution < 1.29 is 28.5 Å². The Morgan fingerprint density at radius 2 is 1.90 bits per heavy atom. The smallest absolute Gasteiger partial charge is 0.302 e. The first kappa shape index (κ1) is 26.6. The van der Waals surface area contributed by atoms with Crippen LogP contribution in [0.25, 0.3) is 0 Å². The molecule has 0 aromatic rings. The zero-order valence-electron chi connectivity index (χ0n) is 19.6. The minimum atomic E-state index is -0.339. The Morgan fingerprint density at radius 1 is 1.20 bits per heavy atom. The zero-order chi connectivity index (χ0) is 22.7. The van der Waals surface area contributed by atoms with Crippen molar-refractivity contribution in [2.75, 3.05) is 26.0 Å². The molecule has 0 aromatic heterocycles. The van der Waals surface area contributed by atoms with Crippen molar-refractivity contribution >= 4 is 23.7 Å². The number of carbonyl (C=O) groups excluding carboxylic acids is 2. The number of rotatable bonds is 11. The number of allylic oxidation sites excluding steroid dienone is 1. The molecule has 3 atom stereocenters. The molecule has 1 saturated heterocycles. The number of hydrogen-bond donors (Lipinski definition) is 0. The standard InChI is InChI=1S/C22H39NO6S/c1-8-10-20(29-22(4,5)6)23(7)11-9-12-30-21-14-18(27-17(3)25)13-19(28-21)15-26-16(2)24/h10,18-19,21H,8-9,11-15H2,1-7H3/b20-10-. The van der Waals surface area contributed by atoms with Crippen molar-refractivity contribution in [2.45, 2.75) is 90.5 Å². The summed E-state index contributed by atoms with van der Waals surface area (Å²) in [4.78, 5) is 24.6. The molecule has 8 heteroatoms. The van der Waals surface area contributed by atoms with Gasteiger partial charge in [0, 0.05) is 40.3 Å². The topological polar surface area (TPSA) is 74.3 Å². The summed E-state index contributed by atoms with van der Waals surface area (Å²) in [7, 11) is 2.04. The molecule has 0 spiro atoms. The van der Waals surface area contributed by atoms with Crippen LogP contribution in [0.1, 0.15) is 67.2 Å². The lowest BCUT2D eigenvalue weighted by Gasteiger charge is -2.34. The van der Waals surface area contributed by atoms with E-state index in [4.69, 9.17) is 18.9 Å². The van der Waals surface area contributed by atoms with Gasteiger partial charge in [-0.1, -0.05) is 6.92 Å². The maximum atomic E-state index is 11.4. The van der Waals surface area contributed by atoms with Gasteiger partial charge in [-0.15, -0.1) is 11.8 Å². The number of nitrogens with zero attached hydrogens (tertiary/aromatic N) is 1. The van der Waals surface area contributed by atoms with Crippen molar-refractivity contribution in [3.05, 3.63) is 12.0 Å². The molecule has 0 aromatic carbocycles. The lowest BCUT2D eigenvalue weighted by molar-refractivity contribution is -0.162. The number of carbonyl (C=O) groups is 2. The van der Waals surface area contributed by atoms with Crippen molar-refractivity contribution in [1.29, 1.82) is 0 Å². The van der Waals surface area contributed by atoms with Gasteiger partial charge in [-0.25, -0.2) is 0 Å². The van der Waals surface area contributed by atoms with E-state index in [-0.39, 0.29) is 41.8 Å². The third-order valence-electron chi connectivity index (χ3n) is 4.24. The van der Waals surface area contributed by atoms with E-state index in [1.54, 1.807) is 11.8 Å². The van der Waals surface area contributed by atoms with Crippen LogP contribution in [-0.2, 0) is 28.5 Å². The molecule has 0 radical (unpaired) electrons. The number of thioether (sulfide) groups is 1. The minimum absolute atomic E-state index is 0.0922. The van der Waals surface area contributed by atoms with E-state index in [0.29, 0.717) is 12.8 Å². The first-order valence-electron chi connectivity index (χ1n) is 10.7. The Bertz CT molecular complexity index is 574. The van der Waals surface area contributed by atoms with Crippen LogP contribution in [-0.4, -0.2) is 66.0 Å². The van der Waals surface area contributed by atoms with Gasteiger partial charge in [0.25, 0.3) is 0 Å². The first-order valence-corrected chi connectivity index (χ1v) is 11.7. The molecular weight excluding hydrogens is 406 g/mol. The Kier molecular flexibility index (Phi) is 11.6. The van der Waals surface area contributed by atoms with Gasteiger partial charge in [0.1, 0.15) is 23.7 Å². The lowest BCUT2D eigenvalue weighted by Crippen LogP contribution is -2.39. The zero-order valence-corrected chi connectivity index (χ0v) is 20.4. The third-order valence-corrected chi connectivity index (χ3v) is 5.44. The fraction of sp³-hybridized carbons (Fsp3) is 0.818. The Labute approximate surface area is 185 Å². The molecule has 0 saturated carbocycles. The van der Waals surface area contributed by atoms with Crippen LogP contribution in [0.5, 0.6) is 0 Å². The SMILES string of the molecule is CC/C=C(\OC(C)(C)C)N(C)CCCSC1CC(OC(C)=O)CC(COC(C)=O)O1. The van der Waals surface area contributed by atoms with E-state index < -0.39 is 0 Å². The molecule has 174 valence electrons. The Hall–Kier alpha value is -1.41. The summed E-state index contributed by atoms with van der Waals surface area (Å²) in [5.74, 6) is 1.17. The van der Waals surface area contributed by atoms with Gasteiger partial charge in [0.05, 0.1) is 6.10 Å². The van der Waals surface area contributed by atoms with Gasteiger partial charge in [0.2, 0.25) is 0 Å². The van der Waals surface area contributed by atoms with Crippen LogP contribution in [0, 0.1) is 0 Å². The number of esters is 2. The molecule has 0 bridgehead atoms. The molecule has 30 heavy (non-hydrogen) atoms. The van der Waals surface area contributed by atoms with Crippen LogP contribution in [0.3, 0.4) is 0 Å². The second-order valence-corrected chi connectivity index (χ2v) is 9.77. The van der Waals surface area contributed by atoms with Gasteiger partial charge >= 0.3 is 11.9 Å². The largest absolute Gasteiger partial charge is 0.474 e. The number of ether oxygens (including phenoxy) is 4. The van der Waals surface area contributed by atoms with E-state index in [1.165, 1.54) is 13.8 Å². The van der Waals surface area contributed by atoms with Crippen molar-refractivity contribution in [3.8, 4) is 0 Å². The van der Waals surface area contributed by atoms with E-state index in [2.05, 4.69) is 17.9 Å². The predicted molar refractivity (Wildman–Crippen MR) is 119 cm³/mol. The van der Waals surface area contributed by atoms with E-state index in [1.807, 2.05) is 27.8 Å². The maximum Gasteiger partial charge on any atom is 0.302 e. The highest BCUT2D eigenvalue weighted by atomic mass is 32.2. The summed E-state index contributed by atoms with van der Waals surface area (Å²) in [6.07, 6.45) is 4.70. The van der Waals surface area contributed by atoms with Gasteiger partial charge < -0.3 is 23.8 Å². The van der Waals surface area contributed by atoms with Crippen molar-refractivity contribution in [1.82, 2.24) is 4.90 Å². The summed E-state index contributed by atoms with van der Waals surface area (Å²) >= 11 is 1.71. The van der Waals surface area contributed by atoms with Crippen molar-refractivity contribution in [3.63, 3.8) is 0 Å². The lowest BCUT2D eigenvalue weighted by atomic mass is 10.1. The van der Waals surface area contributed by atoms with Gasteiger partial charge in [-0.3, -0.25) is 9.59 Å². The summed E-state index contributed by atoms with van der Waals surface area (Å²) in [6, 6.07) is 0. The normalized spacial score (nSPS) is 22.4. The maximum absolute atomic E-state index is 11.4. The predicted octanol–water partition coefficient (Wildman–Crippen LogP) is 4.11. The van der Waals surface area contributed by atoms with Crippen molar-refractivity contribution in [2.24, 2.45) is 0 Å². The summed E-state index contributed by atoms with van der Waals surface area (Å²) < 4.78 is 22.6. The van der Waals surface area contributed by atoms with Gasteiger partial charge in [-0.05, 0) is 45.4 Å². The van der Waals surface area contributed by atoms with Crippen LogP contribution in [0.15, 0.2) is 12.0 Å². The fourth-order valence-electron chi connectivity index (χ4n) is 3.08. The molecule has 0 N–H and O–H groups in total. The van der Waals surface area contributed by atoms with Crippen LogP contribution in [0.2, 0.25) is 0 Å². The summed E-state index contributed by atoms with van der Waals surface area (Å²) in [5, 5.41) is 0. The summed E-state index contributed by atoms with van der Waals surface area (Å²) in [5.41, 5.74) is -0.326. The molecule has 1 rings (SSSR count). The van der Waals surface area contributed by atoms with Crippen LogP contribution < -0.4 is 0 Å². The number of hydrogen-bond acceptors (Lipinski definition) is 8. The molecular formula is C22H39NO6S. The quantitative estimate of drug-likeness (QED) is 0.267.